The van der Waals surface area contributed by atoms with Crippen molar-refractivity contribution in [1.82, 2.24) is 19.9 Å². The molecule has 0 saturated carbocycles. The van der Waals surface area contributed by atoms with Gasteiger partial charge in [-0.05, 0) is 33.1 Å². The normalized spacial score (nSPS) is 17.8. The predicted octanol–water partition coefficient (Wildman–Crippen LogP) is 3.76. The zero-order valence-electron chi connectivity index (χ0n) is 14.4. The molecule has 0 aromatic carbocycles. The van der Waals surface area contributed by atoms with Crippen LogP contribution in [0.1, 0.15) is 55.0 Å². The van der Waals surface area contributed by atoms with Gasteiger partial charge in [-0.3, -0.25) is 4.79 Å². The number of aromatic nitrogens is 3. The van der Waals surface area contributed by atoms with Crippen molar-refractivity contribution in [3.8, 4) is 0 Å². The van der Waals surface area contributed by atoms with E-state index in [0.717, 1.165) is 47.3 Å². The molecule has 1 atom stereocenters. The molecule has 0 aliphatic carbocycles. The van der Waals surface area contributed by atoms with Gasteiger partial charge in [0.05, 0.1) is 11.7 Å². The van der Waals surface area contributed by atoms with Gasteiger partial charge in [-0.25, -0.2) is 15.0 Å². The molecule has 3 heterocycles. The van der Waals surface area contributed by atoms with Gasteiger partial charge < -0.3 is 10.2 Å². The first-order valence-electron chi connectivity index (χ1n) is 8.41. The van der Waals surface area contributed by atoms with E-state index < -0.39 is 0 Å². The van der Waals surface area contributed by atoms with E-state index in [1.165, 1.54) is 0 Å². The van der Waals surface area contributed by atoms with Crippen LogP contribution in [0.3, 0.4) is 0 Å². The lowest BCUT2D eigenvalue weighted by Crippen LogP contribution is -2.38. The molecular weight excluding hydrogens is 322 g/mol. The van der Waals surface area contributed by atoms with Gasteiger partial charge in [-0.2, -0.15) is 0 Å². The standard InChI is InChI=1S/C17H23N5OS/c1-4-16(23)22-8-6-5-7-14(22)13-9-15(20-12(3)19-13)21-17-18-10-11(2)24-17/h9-10,14H,4-8H2,1-3H3,(H,18,19,20,21)/t14-/m0/s1. The first-order chi connectivity index (χ1) is 11.6. The van der Waals surface area contributed by atoms with Crippen molar-refractivity contribution in [2.24, 2.45) is 0 Å². The highest BCUT2D eigenvalue weighted by molar-refractivity contribution is 7.15. The number of nitrogens with zero attached hydrogens (tertiary/aromatic N) is 4. The van der Waals surface area contributed by atoms with Crippen molar-refractivity contribution in [3.63, 3.8) is 0 Å². The fraction of sp³-hybridized carbons (Fsp3) is 0.529. The summed E-state index contributed by atoms with van der Waals surface area (Å²) in [6.07, 6.45) is 5.51. The Bertz CT molecular complexity index is 730. The third-order valence-corrected chi connectivity index (χ3v) is 5.01. The van der Waals surface area contributed by atoms with E-state index in [1.54, 1.807) is 11.3 Å². The smallest absolute Gasteiger partial charge is 0.222 e. The minimum atomic E-state index is 0.0477. The van der Waals surface area contributed by atoms with Crippen LogP contribution >= 0.6 is 11.3 Å². The molecular formula is C17H23N5OS. The molecule has 2 aromatic heterocycles. The van der Waals surface area contributed by atoms with Crippen molar-refractivity contribution in [1.29, 1.82) is 0 Å². The third-order valence-electron chi connectivity index (χ3n) is 4.18. The van der Waals surface area contributed by atoms with Gasteiger partial charge in [0, 0.05) is 30.1 Å². The van der Waals surface area contributed by atoms with E-state index in [4.69, 9.17) is 0 Å². The van der Waals surface area contributed by atoms with Crippen LogP contribution in [0.5, 0.6) is 0 Å². The summed E-state index contributed by atoms with van der Waals surface area (Å²) in [6.45, 7) is 6.64. The van der Waals surface area contributed by atoms with Gasteiger partial charge in [0.15, 0.2) is 5.13 Å². The average Bonchev–Trinajstić information content (AvgIpc) is 2.98. The Hall–Kier alpha value is -2.02. The molecule has 24 heavy (non-hydrogen) atoms. The fourth-order valence-corrected chi connectivity index (χ4v) is 3.76. The van der Waals surface area contributed by atoms with E-state index in [-0.39, 0.29) is 11.9 Å². The maximum atomic E-state index is 12.3. The van der Waals surface area contributed by atoms with E-state index in [1.807, 2.05) is 37.9 Å². The van der Waals surface area contributed by atoms with Crippen molar-refractivity contribution in [3.05, 3.63) is 28.7 Å². The summed E-state index contributed by atoms with van der Waals surface area (Å²) in [5.41, 5.74) is 0.916. The Morgan fingerprint density at radius 3 is 2.92 bits per heavy atom. The minimum absolute atomic E-state index is 0.0477. The second kappa shape index (κ2) is 7.25. The molecule has 1 aliphatic heterocycles. The number of rotatable bonds is 4. The summed E-state index contributed by atoms with van der Waals surface area (Å²) < 4.78 is 0. The number of carbonyl (C=O) groups excluding carboxylic acids is 1. The number of piperidine rings is 1. The van der Waals surface area contributed by atoms with Gasteiger partial charge in [-0.1, -0.05) is 6.92 Å². The van der Waals surface area contributed by atoms with Crippen molar-refractivity contribution in [2.45, 2.75) is 52.5 Å². The first-order valence-corrected chi connectivity index (χ1v) is 9.23. The lowest BCUT2D eigenvalue weighted by atomic mass is 9.98. The van der Waals surface area contributed by atoms with Crippen LogP contribution in [-0.4, -0.2) is 32.3 Å². The van der Waals surface area contributed by atoms with Gasteiger partial charge in [0.2, 0.25) is 5.91 Å². The van der Waals surface area contributed by atoms with Crippen LogP contribution in [-0.2, 0) is 4.79 Å². The highest BCUT2D eigenvalue weighted by Gasteiger charge is 2.28. The number of hydrogen-bond donors (Lipinski definition) is 1. The maximum Gasteiger partial charge on any atom is 0.222 e. The minimum Gasteiger partial charge on any atom is -0.334 e. The van der Waals surface area contributed by atoms with Crippen molar-refractivity contribution in [2.75, 3.05) is 11.9 Å². The van der Waals surface area contributed by atoms with Crippen LogP contribution in [0.25, 0.3) is 0 Å². The summed E-state index contributed by atoms with van der Waals surface area (Å²) in [5.74, 6) is 1.64. The topological polar surface area (TPSA) is 71.0 Å². The SMILES string of the molecule is CCC(=O)N1CCCC[C@H]1c1cc(Nc2ncc(C)s2)nc(C)n1. The number of carbonyl (C=O) groups is 1. The zero-order chi connectivity index (χ0) is 17.1. The number of anilines is 2. The fourth-order valence-electron chi connectivity index (χ4n) is 3.09. The molecule has 3 rings (SSSR count). The lowest BCUT2D eigenvalue weighted by Gasteiger charge is -2.35. The van der Waals surface area contributed by atoms with E-state index in [9.17, 15) is 4.79 Å². The van der Waals surface area contributed by atoms with Crippen LogP contribution in [0.4, 0.5) is 10.9 Å². The quantitative estimate of drug-likeness (QED) is 0.913. The first kappa shape index (κ1) is 16.8. The van der Waals surface area contributed by atoms with Gasteiger partial charge in [-0.15, -0.1) is 11.3 Å². The number of likely N-dealkylation sites (tertiary alicyclic amines) is 1. The molecule has 0 unspecified atom stereocenters. The largest absolute Gasteiger partial charge is 0.334 e. The van der Waals surface area contributed by atoms with E-state index >= 15 is 0 Å². The molecule has 0 bridgehead atoms. The summed E-state index contributed by atoms with van der Waals surface area (Å²) in [4.78, 5) is 28.8. The molecule has 128 valence electrons. The Balaban J connectivity index is 1.87. The van der Waals surface area contributed by atoms with E-state index in [2.05, 4.69) is 20.3 Å². The summed E-state index contributed by atoms with van der Waals surface area (Å²) in [7, 11) is 0. The molecule has 1 N–H and O–H groups in total. The molecule has 0 radical (unpaired) electrons. The van der Waals surface area contributed by atoms with Crippen LogP contribution in [0.2, 0.25) is 0 Å². The van der Waals surface area contributed by atoms with Crippen LogP contribution < -0.4 is 5.32 Å². The molecule has 1 amide bonds. The van der Waals surface area contributed by atoms with Gasteiger partial charge in [0.1, 0.15) is 11.6 Å². The van der Waals surface area contributed by atoms with Crippen LogP contribution in [0.15, 0.2) is 12.3 Å². The van der Waals surface area contributed by atoms with Gasteiger partial charge >= 0.3 is 0 Å². The predicted molar refractivity (Wildman–Crippen MR) is 95.5 cm³/mol. The summed E-state index contributed by atoms with van der Waals surface area (Å²) in [6, 6.07) is 2.00. The molecule has 0 spiro atoms. The van der Waals surface area contributed by atoms with Crippen LogP contribution in [0, 0.1) is 13.8 Å². The second-order valence-electron chi connectivity index (χ2n) is 6.08. The Morgan fingerprint density at radius 2 is 2.21 bits per heavy atom. The Kier molecular flexibility index (Phi) is 5.08. The lowest BCUT2D eigenvalue weighted by molar-refractivity contribution is -0.134. The highest BCUT2D eigenvalue weighted by Crippen LogP contribution is 2.32. The molecule has 1 aliphatic rings. The average molecular weight is 345 g/mol. The molecule has 2 aromatic rings. The Morgan fingerprint density at radius 1 is 1.38 bits per heavy atom. The number of thiazole rings is 1. The molecule has 1 fully saturated rings. The summed E-state index contributed by atoms with van der Waals surface area (Å²) in [5, 5.41) is 4.08. The van der Waals surface area contributed by atoms with E-state index in [0.29, 0.717) is 12.2 Å². The molecule has 1 saturated heterocycles. The van der Waals surface area contributed by atoms with Crippen molar-refractivity contribution < 1.29 is 4.79 Å². The monoisotopic (exact) mass is 345 g/mol. The Labute approximate surface area is 146 Å². The molecule has 6 nitrogen and oxygen atoms in total. The number of amides is 1. The second-order valence-corrected chi connectivity index (χ2v) is 7.31. The van der Waals surface area contributed by atoms with Gasteiger partial charge in [0.25, 0.3) is 0 Å². The maximum absolute atomic E-state index is 12.3. The van der Waals surface area contributed by atoms with Crippen molar-refractivity contribution >= 4 is 28.2 Å². The number of hydrogen-bond acceptors (Lipinski definition) is 6. The number of nitrogens with one attached hydrogen (secondary N) is 1. The number of aryl methyl sites for hydroxylation is 2. The highest BCUT2D eigenvalue weighted by atomic mass is 32.1. The summed E-state index contributed by atoms with van der Waals surface area (Å²) >= 11 is 1.59. The zero-order valence-corrected chi connectivity index (χ0v) is 15.2. The third kappa shape index (κ3) is 3.72. The molecule has 7 heteroatoms.